The average molecular weight is 453 g/mol. The van der Waals surface area contributed by atoms with Crippen molar-refractivity contribution in [2.45, 2.75) is 13.0 Å². The molecule has 4 aromatic rings. The van der Waals surface area contributed by atoms with Crippen LogP contribution in [0.25, 0.3) is 22.4 Å². The summed E-state index contributed by atoms with van der Waals surface area (Å²) in [7, 11) is 1.26. The summed E-state index contributed by atoms with van der Waals surface area (Å²) in [5.74, 6) is -0.948. The Hall–Kier alpha value is -3.98. The molecule has 0 saturated carbocycles. The topological polar surface area (TPSA) is 116 Å². The van der Waals surface area contributed by atoms with E-state index in [0.29, 0.717) is 16.3 Å². The van der Waals surface area contributed by atoms with Crippen LogP contribution in [-0.4, -0.2) is 33.7 Å². The Balaban J connectivity index is 1.56. The summed E-state index contributed by atoms with van der Waals surface area (Å²) in [6.07, 6.45) is 1.26. The first-order valence-corrected chi connectivity index (χ1v) is 9.94. The van der Waals surface area contributed by atoms with E-state index in [-0.39, 0.29) is 41.2 Å². The van der Waals surface area contributed by atoms with Gasteiger partial charge in [0.25, 0.3) is 11.3 Å². The van der Waals surface area contributed by atoms with Crippen LogP contribution in [0.2, 0.25) is 5.02 Å². The van der Waals surface area contributed by atoms with Crippen LogP contribution in [0.3, 0.4) is 0 Å². The van der Waals surface area contributed by atoms with Gasteiger partial charge in [0, 0.05) is 18.5 Å². The zero-order valence-electron chi connectivity index (χ0n) is 16.9. The molecule has 10 heteroatoms. The van der Waals surface area contributed by atoms with Gasteiger partial charge in [-0.2, -0.15) is 0 Å². The Morgan fingerprint density at radius 1 is 1.16 bits per heavy atom. The third kappa shape index (κ3) is 4.10. The van der Waals surface area contributed by atoms with Gasteiger partial charge in [-0.1, -0.05) is 47.1 Å². The van der Waals surface area contributed by atoms with Crippen LogP contribution in [0.1, 0.15) is 16.8 Å². The molecule has 2 heterocycles. The van der Waals surface area contributed by atoms with Gasteiger partial charge in [0.15, 0.2) is 0 Å². The fourth-order valence-electron chi connectivity index (χ4n) is 3.19. The Kier molecular flexibility index (Phi) is 6.00. The number of amides is 1. The quantitative estimate of drug-likeness (QED) is 0.445. The van der Waals surface area contributed by atoms with Crippen molar-refractivity contribution in [3.8, 4) is 11.3 Å². The predicted octanol–water partition coefficient (Wildman–Crippen LogP) is 3.52. The van der Waals surface area contributed by atoms with Gasteiger partial charge in [-0.25, -0.2) is 9.78 Å². The monoisotopic (exact) mass is 452 g/mol. The molecule has 0 radical (unpaired) electrons. The lowest BCUT2D eigenvalue weighted by Crippen LogP contribution is -2.24. The minimum atomic E-state index is -0.564. The standard InChI is InChI=1S/C22H17ClN4O5/c1-31-22(30)14-7-3-5-9-16(14)25-17(28)10-11-27-12-24-20-18(21(27)29)19(26-32-20)13-6-2-4-8-15(13)23/h2-9,12H,10-11H2,1H3,(H,25,28). The lowest BCUT2D eigenvalue weighted by atomic mass is 10.1. The highest BCUT2D eigenvalue weighted by molar-refractivity contribution is 6.33. The maximum absolute atomic E-state index is 13.0. The van der Waals surface area contributed by atoms with Crippen LogP contribution in [0.15, 0.2) is 64.2 Å². The number of fused-ring (bicyclic) bond motifs is 1. The van der Waals surface area contributed by atoms with E-state index in [2.05, 4.69) is 15.5 Å². The number of aromatic nitrogens is 3. The summed E-state index contributed by atoms with van der Waals surface area (Å²) >= 11 is 6.24. The summed E-state index contributed by atoms with van der Waals surface area (Å²) in [5, 5.41) is 7.22. The summed E-state index contributed by atoms with van der Waals surface area (Å²) in [4.78, 5) is 41.5. The van der Waals surface area contributed by atoms with Gasteiger partial charge in [-0.3, -0.25) is 14.2 Å². The molecule has 0 spiro atoms. The van der Waals surface area contributed by atoms with Gasteiger partial charge >= 0.3 is 5.97 Å². The van der Waals surface area contributed by atoms with E-state index in [4.69, 9.17) is 20.9 Å². The number of nitrogens with one attached hydrogen (secondary N) is 1. The Morgan fingerprint density at radius 3 is 2.69 bits per heavy atom. The molecule has 4 rings (SSSR count). The molecular formula is C22H17ClN4O5. The molecule has 0 bridgehead atoms. The first-order valence-electron chi connectivity index (χ1n) is 9.56. The number of anilines is 1. The lowest BCUT2D eigenvalue weighted by molar-refractivity contribution is -0.116. The Bertz CT molecular complexity index is 1380. The first kappa shape index (κ1) is 21.3. The molecule has 0 unspecified atom stereocenters. The van der Waals surface area contributed by atoms with E-state index in [1.165, 1.54) is 18.0 Å². The Morgan fingerprint density at radius 2 is 1.91 bits per heavy atom. The zero-order valence-corrected chi connectivity index (χ0v) is 17.6. The molecule has 162 valence electrons. The number of para-hydroxylation sites is 1. The van der Waals surface area contributed by atoms with Crippen molar-refractivity contribution >= 4 is 40.3 Å². The van der Waals surface area contributed by atoms with Crippen molar-refractivity contribution < 1.29 is 18.8 Å². The Labute approximate surface area is 186 Å². The number of benzene rings is 2. The van der Waals surface area contributed by atoms with E-state index < -0.39 is 11.5 Å². The van der Waals surface area contributed by atoms with Crippen LogP contribution in [0, 0.1) is 0 Å². The van der Waals surface area contributed by atoms with Gasteiger partial charge in [0.05, 0.1) is 23.4 Å². The van der Waals surface area contributed by atoms with Crippen LogP contribution >= 0.6 is 11.6 Å². The number of carbonyl (C=O) groups excluding carboxylic acids is 2. The van der Waals surface area contributed by atoms with E-state index in [0.717, 1.165) is 0 Å². The van der Waals surface area contributed by atoms with Crippen LogP contribution < -0.4 is 10.9 Å². The van der Waals surface area contributed by atoms with Gasteiger partial charge in [0.1, 0.15) is 17.4 Å². The smallest absolute Gasteiger partial charge is 0.339 e. The lowest BCUT2D eigenvalue weighted by Gasteiger charge is -2.10. The van der Waals surface area contributed by atoms with E-state index in [1.54, 1.807) is 48.5 Å². The summed E-state index contributed by atoms with van der Waals surface area (Å²) in [6, 6.07) is 13.4. The first-order chi connectivity index (χ1) is 15.5. The third-order valence-corrected chi connectivity index (χ3v) is 5.11. The molecule has 0 fully saturated rings. The summed E-state index contributed by atoms with van der Waals surface area (Å²) in [5.41, 5.74) is 1.06. The summed E-state index contributed by atoms with van der Waals surface area (Å²) < 4.78 is 11.2. The van der Waals surface area contributed by atoms with Gasteiger partial charge < -0.3 is 14.6 Å². The van der Waals surface area contributed by atoms with Crippen molar-refractivity contribution in [2.24, 2.45) is 0 Å². The minimum absolute atomic E-state index is 0.0324. The van der Waals surface area contributed by atoms with Crippen molar-refractivity contribution in [1.82, 2.24) is 14.7 Å². The molecule has 32 heavy (non-hydrogen) atoms. The fourth-order valence-corrected chi connectivity index (χ4v) is 3.42. The molecular weight excluding hydrogens is 436 g/mol. The van der Waals surface area contributed by atoms with Crippen molar-refractivity contribution in [2.75, 3.05) is 12.4 Å². The fraction of sp³-hybridized carbons (Fsp3) is 0.136. The largest absolute Gasteiger partial charge is 0.465 e. The van der Waals surface area contributed by atoms with Crippen LogP contribution in [0.5, 0.6) is 0 Å². The molecule has 2 aromatic heterocycles. The number of rotatable bonds is 6. The normalized spacial score (nSPS) is 10.8. The minimum Gasteiger partial charge on any atom is -0.465 e. The van der Waals surface area contributed by atoms with Crippen LogP contribution in [0.4, 0.5) is 5.69 Å². The van der Waals surface area contributed by atoms with Gasteiger partial charge in [0.2, 0.25) is 5.91 Å². The predicted molar refractivity (Wildman–Crippen MR) is 118 cm³/mol. The third-order valence-electron chi connectivity index (χ3n) is 4.78. The van der Waals surface area contributed by atoms with Crippen molar-refractivity contribution in [3.63, 3.8) is 0 Å². The van der Waals surface area contributed by atoms with Crippen molar-refractivity contribution in [3.05, 3.63) is 75.8 Å². The van der Waals surface area contributed by atoms with E-state index >= 15 is 0 Å². The number of nitrogens with zero attached hydrogens (tertiary/aromatic N) is 3. The second-order valence-corrected chi connectivity index (χ2v) is 7.18. The highest BCUT2D eigenvalue weighted by Crippen LogP contribution is 2.30. The van der Waals surface area contributed by atoms with E-state index in [1.807, 2.05) is 0 Å². The number of aryl methyl sites for hydroxylation is 1. The molecule has 0 atom stereocenters. The van der Waals surface area contributed by atoms with Crippen LogP contribution in [-0.2, 0) is 16.1 Å². The highest BCUT2D eigenvalue weighted by Gasteiger charge is 2.19. The molecule has 9 nitrogen and oxygen atoms in total. The number of methoxy groups -OCH3 is 1. The zero-order chi connectivity index (χ0) is 22.7. The maximum Gasteiger partial charge on any atom is 0.339 e. The second-order valence-electron chi connectivity index (χ2n) is 6.77. The average Bonchev–Trinajstić information content (AvgIpc) is 3.23. The number of hydrogen-bond acceptors (Lipinski definition) is 7. The molecule has 0 saturated heterocycles. The van der Waals surface area contributed by atoms with Gasteiger partial charge in [-0.15, -0.1) is 0 Å². The molecule has 0 aliphatic heterocycles. The SMILES string of the molecule is COC(=O)c1ccccc1NC(=O)CCn1cnc2onc(-c3ccccc3Cl)c2c1=O. The molecule has 1 amide bonds. The highest BCUT2D eigenvalue weighted by atomic mass is 35.5. The second kappa shape index (κ2) is 9.03. The van der Waals surface area contributed by atoms with Gasteiger partial charge in [-0.05, 0) is 18.2 Å². The number of hydrogen-bond donors (Lipinski definition) is 1. The molecule has 0 aliphatic carbocycles. The number of halogens is 1. The van der Waals surface area contributed by atoms with E-state index in [9.17, 15) is 14.4 Å². The maximum atomic E-state index is 13.0. The number of ether oxygens (including phenoxy) is 1. The molecule has 2 aromatic carbocycles. The molecule has 0 aliphatic rings. The van der Waals surface area contributed by atoms with Crippen molar-refractivity contribution in [1.29, 1.82) is 0 Å². The number of esters is 1. The number of carbonyl (C=O) groups is 2. The molecule has 1 N–H and O–H groups in total. The summed E-state index contributed by atoms with van der Waals surface area (Å²) in [6.45, 7) is 0.0567.